The van der Waals surface area contributed by atoms with Gasteiger partial charge in [0.15, 0.2) is 0 Å². The molecule has 1 aromatic carbocycles. The summed E-state index contributed by atoms with van der Waals surface area (Å²) in [5.41, 5.74) is 1.51. The molecule has 1 aromatic heterocycles. The highest BCUT2D eigenvalue weighted by Gasteiger charge is 2.31. The quantitative estimate of drug-likeness (QED) is 0.835. The van der Waals surface area contributed by atoms with Gasteiger partial charge >= 0.3 is 6.36 Å². The van der Waals surface area contributed by atoms with E-state index in [1.54, 1.807) is 19.9 Å². The lowest BCUT2D eigenvalue weighted by molar-refractivity contribution is -0.274. The number of hydrogen-bond acceptors (Lipinski definition) is 3. The zero-order valence-electron chi connectivity index (χ0n) is 13.7. The summed E-state index contributed by atoms with van der Waals surface area (Å²) in [5, 5.41) is 2.57. The topological polar surface area (TPSA) is 51.2 Å². The first-order valence-electron chi connectivity index (χ1n) is 7.36. The minimum absolute atomic E-state index is 0.112. The summed E-state index contributed by atoms with van der Waals surface area (Å²) < 4.78 is 54.6. The summed E-state index contributed by atoms with van der Waals surface area (Å²) in [7, 11) is 0. The normalized spacial score (nSPS) is 12.6. The fourth-order valence-corrected chi connectivity index (χ4v) is 2.28. The highest BCUT2D eigenvalue weighted by Crippen LogP contribution is 2.27. The van der Waals surface area contributed by atoms with E-state index in [2.05, 4.69) is 15.0 Å². The van der Waals surface area contributed by atoms with E-state index in [1.807, 2.05) is 0 Å². The zero-order valence-corrected chi connectivity index (χ0v) is 13.7. The molecule has 0 saturated carbocycles. The van der Waals surface area contributed by atoms with Gasteiger partial charge in [-0.05, 0) is 50.6 Å². The molecule has 1 amide bonds. The molecule has 0 aliphatic rings. The maximum absolute atomic E-state index is 14.0. The van der Waals surface area contributed by atoms with E-state index >= 15 is 0 Å². The van der Waals surface area contributed by atoms with Crippen LogP contribution in [0.1, 0.15) is 40.1 Å². The number of amides is 1. The predicted molar refractivity (Wildman–Crippen MR) is 82.7 cm³/mol. The van der Waals surface area contributed by atoms with Crippen LogP contribution in [-0.2, 0) is 0 Å². The number of pyridine rings is 1. The Balaban J connectivity index is 2.22. The van der Waals surface area contributed by atoms with E-state index in [-0.39, 0.29) is 5.56 Å². The van der Waals surface area contributed by atoms with Crippen molar-refractivity contribution in [3.05, 3.63) is 58.7 Å². The number of benzene rings is 1. The second-order valence-electron chi connectivity index (χ2n) is 5.57. The fourth-order valence-electron chi connectivity index (χ4n) is 2.28. The van der Waals surface area contributed by atoms with Crippen molar-refractivity contribution >= 4 is 5.91 Å². The number of carbonyl (C=O) groups excluding carboxylic acids is 1. The Morgan fingerprint density at radius 1 is 1.24 bits per heavy atom. The third-order valence-corrected chi connectivity index (χ3v) is 3.50. The summed E-state index contributed by atoms with van der Waals surface area (Å²) in [6, 6.07) is 3.37. The number of nitrogens with zero attached hydrogens (tertiary/aromatic N) is 1. The van der Waals surface area contributed by atoms with Crippen molar-refractivity contribution in [2.45, 2.75) is 33.2 Å². The molecule has 1 atom stereocenters. The lowest BCUT2D eigenvalue weighted by atomic mass is 10.1. The van der Waals surface area contributed by atoms with Gasteiger partial charge in [-0.25, -0.2) is 4.39 Å². The Kier molecular flexibility index (Phi) is 5.30. The molecule has 2 aromatic rings. The predicted octanol–water partition coefficient (Wildman–Crippen LogP) is 4.23. The van der Waals surface area contributed by atoms with E-state index in [9.17, 15) is 22.4 Å². The molecular weight excluding hydrogens is 340 g/mol. The molecular formula is C17H16F4N2O2. The number of nitrogens with one attached hydrogen (secondary N) is 1. The monoisotopic (exact) mass is 356 g/mol. The third-order valence-electron chi connectivity index (χ3n) is 3.50. The van der Waals surface area contributed by atoms with Gasteiger partial charge < -0.3 is 10.1 Å². The van der Waals surface area contributed by atoms with Crippen LogP contribution in [0.5, 0.6) is 5.75 Å². The molecule has 2 rings (SSSR count). The maximum atomic E-state index is 14.0. The molecule has 1 N–H and O–H groups in total. The van der Waals surface area contributed by atoms with Crippen LogP contribution >= 0.6 is 0 Å². The Bertz CT molecular complexity index is 791. The van der Waals surface area contributed by atoms with E-state index in [4.69, 9.17) is 0 Å². The van der Waals surface area contributed by atoms with E-state index in [0.717, 1.165) is 18.2 Å². The molecule has 134 valence electrons. The van der Waals surface area contributed by atoms with E-state index in [0.29, 0.717) is 16.8 Å². The number of rotatable bonds is 4. The molecule has 0 aliphatic carbocycles. The third kappa shape index (κ3) is 4.91. The van der Waals surface area contributed by atoms with E-state index < -0.39 is 29.9 Å². The van der Waals surface area contributed by atoms with Gasteiger partial charge in [0, 0.05) is 23.0 Å². The average molecular weight is 356 g/mol. The van der Waals surface area contributed by atoms with Crippen molar-refractivity contribution in [1.29, 1.82) is 0 Å². The zero-order chi connectivity index (χ0) is 18.8. The van der Waals surface area contributed by atoms with Crippen molar-refractivity contribution < 1.29 is 27.1 Å². The summed E-state index contributed by atoms with van der Waals surface area (Å²) >= 11 is 0. The minimum atomic E-state index is -4.88. The Hall–Kier alpha value is -2.64. The second kappa shape index (κ2) is 7.08. The first kappa shape index (κ1) is 18.7. The van der Waals surface area contributed by atoms with Gasteiger partial charge in [0.2, 0.25) is 0 Å². The largest absolute Gasteiger partial charge is 0.573 e. The van der Waals surface area contributed by atoms with Crippen molar-refractivity contribution in [3.8, 4) is 5.75 Å². The van der Waals surface area contributed by atoms with Crippen molar-refractivity contribution in [2.24, 2.45) is 0 Å². The summed E-state index contributed by atoms with van der Waals surface area (Å²) in [4.78, 5) is 16.4. The molecule has 25 heavy (non-hydrogen) atoms. The van der Waals surface area contributed by atoms with Crippen molar-refractivity contribution in [1.82, 2.24) is 10.3 Å². The van der Waals surface area contributed by atoms with Crippen LogP contribution in [0.2, 0.25) is 0 Å². The lowest BCUT2D eigenvalue weighted by Gasteiger charge is -2.17. The first-order valence-corrected chi connectivity index (χ1v) is 7.36. The Morgan fingerprint density at radius 2 is 1.92 bits per heavy atom. The van der Waals surface area contributed by atoms with Crippen LogP contribution in [-0.4, -0.2) is 17.3 Å². The molecule has 1 heterocycles. The number of alkyl halides is 3. The summed E-state index contributed by atoms with van der Waals surface area (Å²) in [5.74, 6) is -1.78. The molecule has 0 bridgehead atoms. The van der Waals surface area contributed by atoms with Gasteiger partial charge in [-0.2, -0.15) is 0 Å². The van der Waals surface area contributed by atoms with Crippen LogP contribution < -0.4 is 10.1 Å². The number of aromatic nitrogens is 1. The molecule has 8 heteroatoms. The number of aryl methyl sites for hydroxylation is 2. The van der Waals surface area contributed by atoms with Gasteiger partial charge in [0.1, 0.15) is 11.6 Å². The smallest absolute Gasteiger partial charge is 0.406 e. The second-order valence-corrected chi connectivity index (χ2v) is 5.57. The number of hydrogen-bond donors (Lipinski definition) is 1. The standard InChI is InChI=1S/C17H16F4N2O2/c1-9-8-22-10(2)6-13(9)16(24)23-11(3)14-7-12(4-5-15(14)18)25-17(19,20)21/h4-8,11H,1-3H3,(H,23,24)/t11-/m1/s1. The maximum Gasteiger partial charge on any atom is 0.573 e. The van der Waals surface area contributed by atoms with E-state index in [1.165, 1.54) is 13.1 Å². The van der Waals surface area contributed by atoms with Crippen LogP contribution in [0.15, 0.2) is 30.5 Å². The summed E-state index contributed by atoms with van der Waals surface area (Å²) in [6.07, 6.45) is -3.35. The molecule has 0 radical (unpaired) electrons. The van der Waals surface area contributed by atoms with Gasteiger partial charge in [-0.1, -0.05) is 0 Å². The summed E-state index contributed by atoms with van der Waals surface area (Å²) in [6.45, 7) is 4.89. The van der Waals surface area contributed by atoms with Gasteiger partial charge in [0.25, 0.3) is 5.91 Å². The van der Waals surface area contributed by atoms with Crippen LogP contribution in [0.3, 0.4) is 0 Å². The first-order chi connectivity index (χ1) is 11.6. The van der Waals surface area contributed by atoms with Crippen molar-refractivity contribution in [2.75, 3.05) is 0 Å². The highest BCUT2D eigenvalue weighted by atomic mass is 19.4. The molecule has 0 fully saturated rings. The fraction of sp³-hybridized carbons (Fsp3) is 0.294. The lowest BCUT2D eigenvalue weighted by Crippen LogP contribution is -2.28. The highest BCUT2D eigenvalue weighted by molar-refractivity contribution is 5.95. The van der Waals surface area contributed by atoms with Crippen LogP contribution in [0.25, 0.3) is 0 Å². The van der Waals surface area contributed by atoms with Gasteiger partial charge in [-0.3, -0.25) is 9.78 Å². The van der Waals surface area contributed by atoms with Gasteiger partial charge in [0.05, 0.1) is 6.04 Å². The molecule has 0 spiro atoms. The Labute approximate surface area is 141 Å². The molecule has 0 unspecified atom stereocenters. The average Bonchev–Trinajstić information content (AvgIpc) is 2.50. The number of carbonyl (C=O) groups is 1. The van der Waals surface area contributed by atoms with Crippen LogP contribution in [0, 0.1) is 19.7 Å². The van der Waals surface area contributed by atoms with Crippen LogP contribution in [0.4, 0.5) is 17.6 Å². The SMILES string of the molecule is Cc1cc(C(=O)N[C@H](C)c2cc(OC(F)(F)F)ccc2F)c(C)cn1. The number of halogens is 4. The Morgan fingerprint density at radius 3 is 2.56 bits per heavy atom. The molecule has 4 nitrogen and oxygen atoms in total. The minimum Gasteiger partial charge on any atom is -0.406 e. The molecule has 0 aliphatic heterocycles. The van der Waals surface area contributed by atoms with Gasteiger partial charge in [-0.15, -0.1) is 13.2 Å². The molecule has 0 saturated heterocycles. The number of ether oxygens (including phenoxy) is 1. The van der Waals surface area contributed by atoms with Crippen molar-refractivity contribution in [3.63, 3.8) is 0 Å².